The Bertz CT molecular complexity index is 528. The van der Waals surface area contributed by atoms with Gasteiger partial charge < -0.3 is 10.1 Å². The van der Waals surface area contributed by atoms with E-state index in [0.717, 1.165) is 32.5 Å². The molecule has 2 fully saturated rings. The Labute approximate surface area is 131 Å². The third-order valence-corrected chi connectivity index (χ3v) is 4.52. The van der Waals surface area contributed by atoms with Crippen molar-refractivity contribution in [2.24, 2.45) is 13.0 Å². The van der Waals surface area contributed by atoms with Crippen LogP contribution in [0.2, 0.25) is 0 Å². The highest BCUT2D eigenvalue weighted by molar-refractivity contribution is 5.81. The molecule has 3 atom stereocenters. The summed E-state index contributed by atoms with van der Waals surface area (Å²) in [5, 5.41) is 7.18. The molecule has 3 heterocycles. The molecule has 0 unspecified atom stereocenters. The lowest BCUT2D eigenvalue weighted by molar-refractivity contribution is -0.133. The number of piperidine rings is 1. The first-order valence-electron chi connectivity index (χ1n) is 8.17. The van der Waals surface area contributed by atoms with Crippen molar-refractivity contribution < 1.29 is 9.53 Å². The van der Waals surface area contributed by atoms with Crippen LogP contribution < -0.4 is 5.32 Å². The SMILES string of the molecule is CC(C)NC(=O)[C@@H]1C[C@@H]2CCN(Cc3cnn(C)c3)C[C@H]2O1. The number of carbonyl (C=O) groups is 1. The summed E-state index contributed by atoms with van der Waals surface area (Å²) in [5.41, 5.74) is 1.23. The van der Waals surface area contributed by atoms with E-state index in [1.165, 1.54) is 5.56 Å². The topological polar surface area (TPSA) is 59.4 Å². The summed E-state index contributed by atoms with van der Waals surface area (Å²) in [7, 11) is 1.94. The molecule has 22 heavy (non-hydrogen) atoms. The summed E-state index contributed by atoms with van der Waals surface area (Å²) >= 11 is 0. The van der Waals surface area contributed by atoms with Gasteiger partial charge in [-0.1, -0.05) is 0 Å². The van der Waals surface area contributed by atoms with Crippen molar-refractivity contribution in [1.82, 2.24) is 20.0 Å². The number of amides is 1. The number of nitrogens with one attached hydrogen (secondary N) is 1. The first-order valence-corrected chi connectivity index (χ1v) is 8.17. The van der Waals surface area contributed by atoms with Crippen LogP contribution in [0.4, 0.5) is 0 Å². The molecule has 0 radical (unpaired) electrons. The molecule has 3 rings (SSSR count). The quantitative estimate of drug-likeness (QED) is 0.899. The van der Waals surface area contributed by atoms with Crippen LogP contribution in [0.5, 0.6) is 0 Å². The molecule has 1 amide bonds. The summed E-state index contributed by atoms with van der Waals surface area (Å²) in [6.07, 6.45) is 5.87. The fourth-order valence-corrected chi connectivity index (χ4v) is 3.50. The smallest absolute Gasteiger partial charge is 0.249 e. The number of fused-ring (bicyclic) bond motifs is 1. The molecule has 0 bridgehead atoms. The Balaban J connectivity index is 1.54. The van der Waals surface area contributed by atoms with Crippen molar-refractivity contribution >= 4 is 5.91 Å². The fraction of sp³-hybridized carbons (Fsp3) is 0.750. The normalized spacial score (nSPS) is 28.8. The van der Waals surface area contributed by atoms with E-state index < -0.39 is 0 Å². The van der Waals surface area contributed by atoms with Crippen LogP contribution in [-0.2, 0) is 23.1 Å². The number of likely N-dealkylation sites (tertiary alicyclic amines) is 1. The van der Waals surface area contributed by atoms with E-state index >= 15 is 0 Å². The van der Waals surface area contributed by atoms with Crippen molar-refractivity contribution in [1.29, 1.82) is 0 Å². The van der Waals surface area contributed by atoms with Crippen LogP contribution in [0.25, 0.3) is 0 Å². The minimum absolute atomic E-state index is 0.0446. The first kappa shape index (κ1) is 15.5. The van der Waals surface area contributed by atoms with Gasteiger partial charge in [-0.2, -0.15) is 5.10 Å². The third kappa shape index (κ3) is 3.50. The monoisotopic (exact) mass is 306 g/mol. The lowest BCUT2D eigenvalue weighted by atomic mass is 9.91. The molecular formula is C16H26N4O2. The van der Waals surface area contributed by atoms with Gasteiger partial charge in [-0.15, -0.1) is 0 Å². The summed E-state index contributed by atoms with van der Waals surface area (Å²) < 4.78 is 7.86. The number of carbonyl (C=O) groups excluding carboxylic acids is 1. The van der Waals surface area contributed by atoms with E-state index in [-0.39, 0.29) is 24.2 Å². The molecule has 1 aromatic rings. The lowest BCUT2D eigenvalue weighted by Gasteiger charge is -2.33. The van der Waals surface area contributed by atoms with Gasteiger partial charge in [0.1, 0.15) is 6.10 Å². The van der Waals surface area contributed by atoms with E-state index in [1.54, 1.807) is 0 Å². The van der Waals surface area contributed by atoms with Crippen LogP contribution in [0, 0.1) is 5.92 Å². The van der Waals surface area contributed by atoms with Gasteiger partial charge in [0.2, 0.25) is 5.91 Å². The van der Waals surface area contributed by atoms with Gasteiger partial charge in [0, 0.05) is 37.9 Å². The molecule has 1 aromatic heterocycles. The summed E-state index contributed by atoms with van der Waals surface area (Å²) in [4.78, 5) is 14.5. The number of ether oxygens (including phenoxy) is 1. The summed E-state index contributed by atoms with van der Waals surface area (Å²) in [5.74, 6) is 0.566. The highest BCUT2D eigenvalue weighted by Crippen LogP contribution is 2.33. The number of nitrogens with zero attached hydrogens (tertiary/aromatic N) is 3. The van der Waals surface area contributed by atoms with Gasteiger partial charge in [-0.05, 0) is 39.2 Å². The Hall–Kier alpha value is -1.40. The third-order valence-electron chi connectivity index (χ3n) is 4.52. The Morgan fingerprint density at radius 2 is 2.36 bits per heavy atom. The van der Waals surface area contributed by atoms with E-state index in [1.807, 2.05) is 31.8 Å². The summed E-state index contributed by atoms with van der Waals surface area (Å²) in [6.45, 7) is 6.84. The minimum Gasteiger partial charge on any atom is -0.364 e. The zero-order chi connectivity index (χ0) is 15.7. The number of aryl methyl sites for hydroxylation is 1. The van der Waals surface area contributed by atoms with E-state index in [9.17, 15) is 4.79 Å². The van der Waals surface area contributed by atoms with Crippen molar-refractivity contribution in [2.45, 2.75) is 51.5 Å². The molecule has 6 heteroatoms. The number of rotatable bonds is 4. The Morgan fingerprint density at radius 1 is 1.55 bits per heavy atom. The lowest BCUT2D eigenvalue weighted by Crippen LogP contribution is -2.42. The maximum atomic E-state index is 12.1. The molecule has 0 aliphatic carbocycles. The van der Waals surface area contributed by atoms with Crippen molar-refractivity contribution in [3.63, 3.8) is 0 Å². The van der Waals surface area contributed by atoms with Crippen LogP contribution in [0.1, 0.15) is 32.3 Å². The van der Waals surface area contributed by atoms with Crippen LogP contribution >= 0.6 is 0 Å². The highest BCUT2D eigenvalue weighted by atomic mass is 16.5. The number of aromatic nitrogens is 2. The average Bonchev–Trinajstić information content (AvgIpc) is 3.04. The average molecular weight is 306 g/mol. The number of hydrogen-bond donors (Lipinski definition) is 1. The standard InChI is InChI=1S/C16H26N4O2/c1-11(2)18-16(21)14-6-13-4-5-20(10-15(13)22-14)9-12-7-17-19(3)8-12/h7-8,11,13-15H,4-6,9-10H2,1-3H3,(H,18,21)/t13-,14-,15+/m0/s1. The second-order valence-electron chi connectivity index (χ2n) is 6.87. The predicted molar refractivity (Wildman–Crippen MR) is 83.1 cm³/mol. The zero-order valence-corrected chi connectivity index (χ0v) is 13.7. The van der Waals surface area contributed by atoms with Gasteiger partial charge in [0.15, 0.2) is 0 Å². The highest BCUT2D eigenvalue weighted by Gasteiger charge is 2.41. The van der Waals surface area contributed by atoms with E-state index in [0.29, 0.717) is 5.92 Å². The minimum atomic E-state index is -0.268. The van der Waals surface area contributed by atoms with Crippen molar-refractivity contribution in [3.05, 3.63) is 18.0 Å². The molecule has 2 saturated heterocycles. The first-order chi connectivity index (χ1) is 10.5. The second kappa shape index (κ2) is 6.38. The maximum Gasteiger partial charge on any atom is 0.249 e. The van der Waals surface area contributed by atoms with Crippen LogP contribution in [0.3, 0.4) is 0 Å². The van der Waals surface area contributed by atoms with Gasteiger partial charge in [0.05, 0.1) is 12.3 Å². The van der Waals surface area contributed by atoms with Gasteiger partial charge in [0.25, 0.3) is 0 Å². The molecule has 0 spiro atoms. The molecule has 6 nitrogen and oxygen atoms in total. The molecule has 0 aromatic carbocycles. The molecular weight excluding hydrogens is 280 g/mol. The maximum absolute atomic E-state index is 12.1. The predicted octanol–water partition coefficient (Wildman–Crippen LogP) is 0.924. The Morgan fingerprint density at radius 3 is 3.05 bits per heavy atom. The van der Waals surface area contributed by atoms with E-state index in [4.69, 9.17) is 4.74 Å². The second-order valence-corrected chi connectivity index (χ2v) is 6.87. The zero-order valence-electron chi connectivity index (χ0n) is 13.7. The van der Waals surface area contributed by atoms with Crippen molar-refractivity contribution in [2.75, 3.05) is 13.1 Å². The van der Waals surface area contributed by atoms with E-state index in [2.05, 4.69) is 21.5 Å². The van der Waals surface area contributed by atoms with Crippen molar-refractivity contribution in [3.8, 4) is 0 Å². The molecule has 1 N–H and O–H groups in total. The summed E-state index contributed by atoms with van der Waals surface area (Å²) in [6, 6.07) is 0.167. The fourth-order valence-electron chi connectivity index (χ4n) is 3.50. The van der Waals surface area contributed by atoms with Gasteiger partial charge in [-0.25, -0.2) is 0 Å². The van der Waals surface area contributed by atoms with Crippen LogP contribution in [0.15, 0.2) is 12.4 Å². The van der Waals surface area contributed by atoms with Gasteiger partial charge in [-0.3, -0.25) is 14.4 Å². The number of hydrogen-bond acceptors (Lipinski definition) is 4. The molecule has 2 aliphatic rings. The Kier molecular flexibility index (Phi) is 4.49. The molecule has 122 valence electrons. The molecule has 2 aliphatic heterocycles. The van der Waals surface area contributed by atoms with Crippen LogP contribution in [-0.4, -0.2) is 51.9 Å². The largest absolute Gasteiger partial charge is 0.364 e. The van der Waals surface area contributed by atoms with Gasteiger partial charge >= 0.3 is 0 Å². The molecule has 0 saturated carbocycles.